The van der Waals surface area contributed by atoms with Crippen LogP contribution in [-0.4, -0.2) is 54.5 Å². The van der Waals surface area contributed by atoms with Crippen molar-refractivity contribution in [1.29, 1.82) is 0 Å². The number of methoxy groups -OCH3 is 1. The Hall–Kier alpha value is -4.07. The van der Waals surface area contributed by atoms with Crippen LogP contribution in [0.5, 0.6) is 17.2 Å². The van der Waals surface area contributed by atoms with E-state index in [0.717, 1.165) is 22.6 Å². The summed E-state index contributed by atoms with van der Waals surface area (Å²) in [6.07, 6.45) is 0. The quantitative estimate of drug-likeness (QED) is 0.528. The van der Waals surface area contributed by atoms with Crippen LogP contribution in [0.4, 0.5) is 20.6 Å². The molecule has 3 aromatic carbocycles. The molecule has 0 aliphatic carbocycles. The molecule has 2 amide bonds. The molecule has 2 aliphatic heterocycles. The molecule has 180 valence electrons. The third-order valence-electron chi connectivity index (χ3n) is 6.29. The van der Waals surface area contributed by atoms with E-state index in [9.17, 15) is 9.18 Å². The zero-order valence-electron chi connectivity index (χ0n) is 19.9. The third-order valence-corrected chi connectivity index (χ3v) is 6.29. The van der Waals surface area contributed by atoms with Gasteiger partial charge in [-0.1, -0.05) is 18.2 Å². The van der Waals surface area contributed by atoms with Crippen LogP contribution in [0.1, 0.15) is 18.1 Å². The molecule has 2 aliphatic rings. The number of hydrogen-bond donors (Lipinski definition) is 1. The Kier molecular flexibility index (Phi) is 6.03. The van der Waals surface area contributed by atoms with Gasteiger partial charge in [0.2, 0.25) is 0 Å². The number of nitrogens with zero attached hydrogens (tertiary/aromatic N) is 3. The maximum absolute atomic E-state index is 14.0. The van der Waals surface area contributed by atoms with Gasteiger partial charge in [-0.3, -0.25) is 0 Å². The smallest absolute Gasteiger partial charge is 0.322 e. The molecule has 0 aromatic heterocycles. The number of ether oxygens (including phenoxy) is 2. The fourth-order valence-electron chi connectivity index (χ4n) is 4.43. The number of carbonyl (C=O) groups excluding carboxylic acids is 1. The SMILES string of the molecule is COc1ccc2c(c1)Oc1cc(C)ccc1N=C2N1CCN(C(=O)Nc2ccccc2F)C(C)C1. The minimum Gasteiger partial charge on any atom is -0.497 e. The number of fused-ring (bicyclic) bond motifs is 2. The number of aryl methyl sites for hydroxylation is 1. The number of hydrogen-bond acceptors (Lipinski definition) is 5. The first kappa shape index (κ1) is 22.7. The fourth-order valence-corrected chi connectivity index (χ4v) is 4.43. The zero-order valence-corrected chi connectivity index (χ0v) is 19.9. The van der Waals surface area contributed by atoms with Crippen LogP contribution < -0.4 is 14.8 Å². The molecule has 0 spiro atoms. The summed E-state index contributed by atoms with van der Waals surface area (Å²) in [6.45, 7) is 5.59. The highest BCUT2D eigenvalue weighted by Gasteiger charge is 2.32. The standard InChI is InChI=1S/C27H27FN4O3/c1-17-8-11-23-25(14-17)35-24-15-19(34-3)9-10-20(24)26(29-23)31-12-13-32(18(2)16-31)27(33)30-22-7-5-4-6-21(22)28/h4-11,14-15,18H,12-13,16H2,1-3H3,(H,30,33). The molecule has 5 rings (SSSR count). The number of halogens is 1. The van der Waals surface area contributed by atoms with Crippen molar-refractivity contribution in [3.63, 3.8) is 0 Å². The Morgan fingerprint density at radius 2 is 1.94 bits per heavy atom. The highest BCUT2D eigenvalue weighted by molar-refractivity contribution is 6.04. The maximum Gasteiger partial charge on any atom is 0.322 e. The van der Waals surface area contributed by atoms with Gasteiger partial charge in [0.25, 0.3) is 0 Å². The van der Waals surface area contributed by atoms with Gasteiger partial charge >= 0.3 is 6.03 Å². The lowest BCUT2D eigenvalue weighted by molar-refractivity contribution is 0.144. The second-order valence-corrected chi connectivity index (χ2v) is 8.77. The van der Waals surface area contributed by atoms with Gasteiger partial charge in [-0.2, -0.15) is 0 Å². The summed E-state index contributed by atoms with van der Waals surface area (Å²) >= 11 is 0. The number of nitrogens with one attached hydrogen (secondary N) is 1. The van der Waals surface area contributed by atoms with Crippen LogP contribution in [-0.2, 0) is 0 Å². The number of rotatable bonds is 2. The van der Waals surface area contributed by atoms with Crippen molar-refractivity contribution in [2.24, 2.45) is 4.99 Å². The zero-order chi connectivity index (χ0) is 24.5. The summed E-state index contributed by atoms with van der Waals surface area (Å²) in [4.78, 5) is 21.8. The molecule has 1 unspecified atom stereocenters. The molecule has 2 heterocycles. The summed E-state index contributed by atoms with van der Waals surface area (Å²) in [5.74, 6) is 2.37. The van der Waals surface area contributed by atoms with E-state index in [4.69, 9.17) is 14.5 Å². The third kappa shape index (κ3) is 4.51. The van der Waals surface area contributed by atoms with Crippen LogP contribution in [0, 0.1) is 12.7 Å². The second-order valence-electron chi connectivity index (χ2n) is 8.77. The van der Waals surface area contributed by atoms with Crippen molar-refractivity contribution < 1.29 is 18.7 Å². The van der Waals surface area contributed by atoms with Crippen molar-refractivity contribution in [1.82, 2.24) is 9.80 Å². The molecule has 1 saturated heterocycles. The van der Waals surface area contributed by atoms with Gasteiger partial charge in [-0.15, -0.1) is 0 Å². The van der Waals surface area contributed by atoms with Crippen molar-refractivity contribution in [3.05, 3.63) is 77.6 Å². The van der Waals surface area contributed by atoms with Crippen molar-refractivity contribution in [2.75, 3.05) is 32.1 Å². The van der Waals surface area contributed by atoms with Gasteiger partial charge in [-0.05, 0) is 55.8 Å². The van der Waals surface area contributed by atoms with E-state index in [1.54, 1.807) is 30.2 Å². The topological polar surface area (TPSA) is 66.4 Å². The number of piperazine rings is 1. The van der Waals surface area contributed by atoms with E-state index in [0.29, 0.717) is 36.9 Å². The number of urea groups is 1. The van der Waals surface area contributed by atoms with Gasteiger partial charge in [0.05, 0.1) is 18.4 Å². The molecule has 3 aromatic rings. The Morgan fingerprint density at radius 1 is 1.11 bits per heavy atom. The molecule has 1 N–H and O–H groups in total. The van der Waals surface area contributed by atoms with E-state index in [1.165, 1.54) is 6.07 Å². The van der Waals surface area contributed by atoms with Crippen LogP contribution in [0.15, 0.2) is 65.7 Å². The lowest BCUT2D eigenvalue weighted by Gasteiger charge is -2.41. The van der Waals surface area contributed by atoms with E-state index in [-0.39, 0.29) is 17.8 Å². The minimum atomic E-state index is -0.458. The molecule has 0 saturated carbocycles. The lowest BCUT2D eigenvalue weighted by Crippen LogP contribution is -2.56. The van der Waals surface area contributed by atoms with Crippen LogP contribution in [0.3, 0.4) is 0 Å². The highest BCUT2D eigenvalue weighted by atomic mass is 19.1. The predicted octanol–water partition coefficient (Wildman–Crippen LogP) is 5.56. The first-order valence-corrected chi connectivity index (χ1v) is 11.6. The van der Waals surface area contributed by atoms with Crippen molar-refractivity contribution in [3.8, 4) is 17.2 Å². The second kappa shape index (κ2) is 9.29. The normalized spacial score (nSPS) is 16.9. The van der Waals surface area contributed by atoms with Gasteiger partial charge in [0.15, 0.2) is 5.75 Å². The number of benzene rings is 3. The summed E-state index contributed by atoms with van der Waals surface area (Å²) in [6, 6.07) is 17.4. The summed E-state index contributed by atoms with van der Waals surface area (Å²) in [7, 11) is 1.62. The van der Waals surface area contributed by atoms with Crippen molar-refractivity contribution >= 4 is 23.2 Å². The predicted molar refractivity (Wildman–Crippen MR) is 134 cm³/mol. The van der Waals surface area contributed by atoms with Gasteiger partial charge in [0.1, 0.15) is 28.8 Å². The van der Waals surface area contributed by atoms with Crippen LogP contribution in [0.2, 0.25) is 0 Å². The van der Waals surface area contributed by atoms with Crippen molar-refractivity contribution in [2.45, 2.75) is 19.9 Å². The monoisotopic (exact) mass is 474 g/mol. The summed E-state index contributed by atoms with van der Waals surface area (Å²) in [5.41, 5.74) is 2.85. The van der Waals surface area contributed by atoms with E-state index < -0.39 is 5.82 Å². The fraction of sp³-hybridized carbons (Fsp3) is 0.259. The van der Waals surface area contributed by atoms with Gasteiger partial charge < -0.3 is 24.6 Å². The minimum absolute atomic E-state index is 0.124. The number of aliphatic imine (C=N–C) groups is 1. The average Bonchev–Trinajstić information content (AvgIpc) is 3.01. The molecular weight excluding hydrogens is 447 g/mol. The number of amidine groups is 1. The van der Waals surface area contributed by atoms with E-state index >= 15 is 0 Å². The number of carbonyl (C=O) groups is 1. The largest absolute Gasteiger partial charge is 0.497 e. The number of anilines is 1. The molecule has 8 heteroatoms. The molecule has 1 fully saturated rings. The Balaban J connectivity index is 1.42. The highest BCUT2D eigenvalue weighted by Crippen LogP contribution is 2.40. The number of para-hydroxylation sites is 1. The molecule has 0 radical (unpaired) electrons. The van der Waals surface area contributed by atoms with E-state index in [1.807, 2.05) is 50.2 Å². The van der Waals surface area contributed by atoms with Gasteiger partial charge in [0, 0.05) is 31.7 Å². The Bertz CT molecular complexity index is 1310. The van der Waals surface area contributed by atoms with E-state index in [2.05, 4.69) is 10.2 Å². The molecule has 35 heavy (non-hydrogen) atoms. The Labute approximate surface area is 203 Å². The molecule has 0 bridgehead atoms. The maximum atomic E-state index is 14.0. The van der Waals surface area contributed by atoms with Crippen LogP contribution >= 0.6 is 0 Å². The van der Waals surface area contributed by atoms with Gasteiger partial charge in [-0.25, -0.2) is 14.2 Å². The first-order chi connectivity index (χ1) is 16.9. The van der Waals surface area contributed by atoms with Crippen LogP contribution in [0.25, 0.3) is 0 Å². The lowest BCUT2D eigenvalue weighted by atomic mass is 10.1. The summed E-state index contributed by atoms with van der Waals surface area (Å²) < 4.78 is 25.7. The average molecular weight is 475 g/mol. The summed E-state index contributed by atoms with van der Waals surface area (Å²) in [5, 5.41) is 2.69. The molecule has 1 atom stereocenters. The Morgan fingerprint density at radius 3 is 2.71 bits per heavy atom. The first-order valence-electron chi connectivity index (χ1n) is 11.6. The molecular formula is C27H27FN4O3. The number of amides is 2. The molecule has 7 nitrogen and oxygen atoms in total.